The van der Waals surface area contributed by atoms with Gasteiger partial charge >= 0.3 is 6.03 Å². The van der Waals surface area contributed by atoms with Crippen LogP contribution in [0, 0.1) is 6.92 Å². The van der Waals surface area contributed by atoms with Crippen LogP contribution in [0.5, 0.6) is 0 Å². The summed E-state index contributed by atoms with van der Waals surface area (Å²) >= 11 is 0. The summed E-state index contributed by atoms with van der Waals surface area (Å²) in [7, 11) is 5.17. The van der Waals surface area contributed by atoms with Gasteiger partial charge in [0.15, 0.2) is 0 Å². The van der Waals surface area contributed by atoms with E-state index in [0.717, 1.165) is 16.9 Å². The van der Waals surface area contributed by atoms with Gasteiger partial charge in [-0.1, -0.05) is 18.2 Å². The van der Waals surface area contributed by atoms with Crippen molar-refractivity contribution >= 4 is 17.6 Å². The molecule has 8 nitrogen and oxygen atoms in total. The molecule has 31 heavy (non-hydrogen) atoms. The zero-order chi connectivity index (χ0) is 22.6. The third-order valence-corrected chi connectivity index (χ3v) is 5.10. The van der Waals surface area contributed by atoms with Crippen LogP contribution >= 0.6 is 0 Å². The highest BCUT2D eigenvalue weighted by Gasteiger charge is 2.22. The molecule has 3 amide bonds. The predicted octanol–water partition coefficient (Wildman–Crippen LogP) is 2.88. The van der Waals surface area contributed by atoms with E-state index in [1.807, 2.05) is 61.1 Å². The number of benzene rings is 1. The second-order valence-electron chi connectivity index (χ2n) is 7.43. The van der Waals surface area contributed by atoms with Crippen LogP contribution < -0.4 is 5.32 Å². The highest BCUT2D eigenvalue weighted by molar-refractivity contribution is 5.93. The van der Waals surface area contributed by atoms with E-state index in [2.05, 4.69) is 5.32 Å². The zero-order valence-corrected chi connectivity index (χ0v) is 19.0. The summed E-state index contributed by atoms with van der Waals surface area (Å²) in [6.07, 6.45) is 2.59. The first kappa shape index (κ1) is 24.4. The molecule has 0 radical (unpaired) electrons. The normalized spacial score (nSPS) is 10.7. The molecule has 2 rings (SSSR count). The van der Waals surface area contributed by atoms with Gasteiger partial charge in [-0.2, -0.15) is 0 Å². The molecule has 0 unspecified atom stereocenters. The Balaban J connectivity index is 2.11. The van der Waals surface area contributed by atoms with E-state index < -0.39 is 0 Å². The first-order chi connectivity index (χ1) is 15.0. The number of methoxy groups -OCH3 is 2. The Bertz CT molecular complexity index is 836. The van der Waals surface area contributed by atoms with E-state index in [4.69, 9.17) is 9.47 Å². The quantitative estimate of drug-likeness (QED) is 0.526. The summed E-state index contributed by atoms with van der Waals surface area (Å²) in [5.41, 5.74) is 2.71. The number of amides is 3. The van der Waals surface area contributed by atoms with Crippen molar-refractivity contribution < 1.29 is 19.1 Å². The van der Waals surface area contributed by atoms with Crippen LogP contribution in [0.25, 0.3) is 0 Å². The molecule has 0 aliphatic rings. The van der Waals surface area contributed by atoms with Crippen LogP contribution in [0.2, 0.25) is 0 Å². The Hall–Kier alpha value is -2.84. The average Bonchev–Trinajstić information content (AvgIpc) is 3.16. The first-order valence-corrected chi connectivity index (χ1v) is 10.4. The molecule has 0 aliphatic heterocycles. The number of nitrogens with zero attached hydrogens (tertiary/aromatic N) is 3. The maximum Gasteiger partial charge on any atom is 0.322 e. The standard InChI is InChI=1S/C23H34N4O4/c1-19-9-5-6-11-21(19)24-23(29)27(13-8-15-30-3)18-22(28)26(14-16-31-4)17-20-10-7-12-25(20)2/h5-7,9-12H,8,13-18H2,1-4H3,(H,24,29). The van der Waals surface area contributed by atoms with Crippen molar-refractivity contribution in [1.82, 2.24) is 14.4 Å². The van der Waals surface area contributed by atoms with E-state index in [1.54, 1.807) is 24.0 Å². The third-order valence-electron chi connectivity index (χ3n) is 5.10. The first-order valence-electron chi connectivity index (χ1n) is 10.4. The van der Waals surface area contributed by atoms with Gasteiger partial charge in [0.25, 0.3) is 0 Å². The largest absolute Gasteiger partial charge is 0.385 e. The second kappa shape index (κ2) is 12.8. The number of urea groups is 1. The van der Waals surface area contributed by atoms with Crippen LogP contribution in [0.15, 0.2) is 42.6 Å². The number of ether oxygens (including phenoxy) is 2. The highest BCUT2D eigenvalue weighted by atomic mass is 16.5. The molecule has 0 spiro atoms. The summed E-state index contributed by atoms with van der Waals surface area (Å²) in [5, 5.41) is 2.93. The SMILES string of the molecule is COCCCN(CC(=O)N(CCOC)Cc1cccn1C)C(=O)Nc1ccccc1C. The molecule has 0 fully saturated rings. The lowest BCUT2D eigenvalue weighted by Gasteiger charge is -2.28. The minimum absolute atomic E-state index is 0.0183. The third kappa shape index (κ3) is 7.73. The van der Waals surface area contributed by atoms with Crippen molar-refractivity contribution in [3.63, 3.8) is 0 Å². The summed E-state index contributed by atoms with van der Waals surface area (Å²) in [4.78, 5) is 29.4. The van der Waals surface area contributed by atoms with E-state index in [0.29, 0.717) is 39.3 Å². The molecule has 1 heterocycles. The van der Waals surface area contributed by atoms with Crippen LogP contribution in [0.4, 0.5) is 10.5 Å². The van der Waals surface area contributed by atoms with Crippen LogP contribution in [0.3, 0.4) is 0 Å². The molecule has 170 valence electrons. The van der Waals surface area contributed by atoms with E-state index in [1.165, 1.54) is 0 Å². The van der Waals surface area contributed by atoms with Crippen molar-refractivity contribution in [3.8, 4) is 0 Å². The van der Waals surface area contributed by atoms with Gasteiger partial charge in [-0.15, -0.1) is 0 Å². The molecule has 8 heteroatoms. The van der Waals surface area contributed by atoms with Crippen molar-refractivity contribution in [2.24, 2.45) is 7.05 Å². The van der Waals surface area contributed by atoms with Crippen molar-refractivity contribution in [1.29, 1.82) is 0 Å². The number of rotatable bonds is 12. The van der Waals surface area contributed by atoms with Gasteiger partial charge < -0.3 is 29.2 Å². The van der Waals surface area contributed by atoms with Crippen LogP contribution in [-0.2, 0) is 27.9 Å². The van der Waals surface area contributed by atoms with Gasteiger partial charge in [-0.3, -0.25) is 4.79 Å². The Kier molecular flexibility index (Phi) is 10.1. The smallest absolute Gasteiger partial charge is 0.322 e. The Morgan fingerprint density at radius 2 is 1.74 bits per heavy atom. The summed E-state index contributed by atoms with van der Waals surface area (Å²) in [5.74, 6) is -0.129. The Morgan fingerprint density at radius 1 is 1.00 bits per heavy atom. The van der Waals surface area contributed by atoms with Gasteiger partial charge in [0, 0.05) is 58.5 Å². The predicted molar refractivity (Wildman–Crippen MR) is 121 cm³/mol. The fraction of sp³-hybridized carbons (Fsp3) is 0.478. The molecule has 2 aromatic rings. The molecule has 1 aromatic carbocycles. The number of nitrogens with one attached hydrogen (secondary N) is 1. The molecular formula is C23H34N4O4. The molecule has 1 aromatic heterocycles. The number of carbonyl (C=O) groups excluding carboxylic acids is 2. The second-order valence-corrected chi connectivity index (χ2v) is 7.43. The Labute approximate surface area is 184 Å². The molecule has 0 bridgehead atoms. The van der Waals surface area contributed by atoms with E-state index in [9.17, 15) is 9.59 Å². The summed E-state index contributed by atoms with van der Waals surface area (Å²) < 4.78 is 12.3. The van der Waals surface area contributed by atoms with Gasteiger partial charge in [0.05, 0.1) is 13.2 Å². The van der Waals surface area contributed by atoms with E-state index >= 15 is 0 Å². The highest BCUT2D eigenvalue weighted by Crippen LogP contribution is 2.14. The lowest BCUT2D eigenvalue weighted by molar-refractivity contribution is -0.133. The number of aryl methyl sites for hydroxylation is 2. The van der Waals surface area contributed by atoms with Gasteiger partial charge in [0.1, 0.15) is 6.54 Å². The summed E-state index contributed by atoms with van der Waals surface area (Å²) in [6.45, 7) is 4.18. The number of hydrogen-bond donors (Lipinski definition) is 1. The lowest BCUT2D eigenvalue weighted by atomic mass is 10.2. The monoisotopic (exact) mass is 430 g/mol. The number of para-hydroxylation sites is 1. The maximum absolute atomic E-state index is 13.2. The average molecular weight is 431 g/mol. The van der Waals surface area contributed by atoms with Gasteiger partial charge in [0.2, 0.25) is 5.91 Å². The fourth-order valence-electron chi connectivity index (χ4n) is 3.17. The Morgan fingerprint density at radius 3 is 2.39 bits per heavy atom. The van der Waals surface area contributed by atoms with E-state index in [-0.39, 0.29) is 18.5 Å². The molecular weight excluding hydrogens is 396 g/mol. The molecule has 0 saturated carbocycles. The van der Waals surface area contributed by atoms with Crippen molar-refractivity contribution in [3.05, 3.63) is 53.9 Å². The molecule has 0 aliphatic carbocycles. The lowest BCUT2D eigenvalue weighted by Crippen LogP contribution is -2.45. The summed E-state index contributed by atoms with van der Waals surface area (Å²) in [6, 6.07) is 11.2. The maximum atomic E-state index is 13.2. The minimum Gasteiger partial charge on any atom is -0.385 e. The molecule has 0 saturated heterocycles. The zero-order valence-electron chi connectivity index (χ0n) is 19.0. The number of anilines is 1. The number of carbonyl (C=O) groups is 2. The van der Waals surface area contributed by atoms with Crippen LogP contribution in [-0.4, -0.2) is 73.4 Å². The minimum atomic E-state index is -0.302. The van der Waals surface area contributed by atoms with Crippen molar-refractivity contribution in [2.75, 3.05) is 52.4 Å². The van der Waals surface area contributed by atoms with Gasteiger partial charge in [-0.05, 0) is 37.1 Å². The van der Waals surface area contributed by atoms with Gasteiger partial charge in [-0.25, -0.2) is 4.79 Å². The molecule has 0 atom stereocenters. The molecule has 1 N–H and O–H groups in total. The number of hydrogen-bond acceptors (Lipinski definition) is 4. The van der Waals surface area contributed by atoms with Crippen molar-refractivity contribution in [2.45, 2.75) is 19.9 Å². The van der Waals surface area contributed by atoms with Crippen LogP contribution in [0.1, 0.15) is 17.7 Å². The fourth-order valence-corrected chi connectivity index (χ4v) is 3.17. The number of aromatic nitrogens is 1. The topological polar surface area (TPSA) is 76.0 Å².